The molecule has 2 unspecified atom stereocenters. The summed E-state index contributed by atoms with van der Waals surface area (Å²) in [6.07, 6.45) is 0.110. The first-order valence-corrected chi connectivity index (χ1v) is 4.99. The van der Waals surface area contributed by atoms with Crippen LogP contribution in [0.1, 0.15) is 31.7 Å². The van der Waals surface area contributed by atoms with Crippen LogP contribution in [0.2, 0.25) is 0 Å². The number of nitro benzene ring substituents is 1. The molecular formula is C11H15NO3. The predicted octanol–water partition coefficient (Wildman–Crippen LogP) is 2.47. The van der Waals surface area contributed by atoms with Crippen molar-refractivity contribution < 1.29 is 10.0 Å². The fraction of sp³-hybridized carbons (Fsp3) is 0.455. The van der Waals surface area contributed by atoms with Crippen LogP contribution in [0, 0.1) is 10.1 Å². The fourth-order valence-corrected chi connectivity index (χ4v) is 1.79. The van der Waals surface area contributed by atoms with E-state index in [9.17, 15) is 15.2 Å². The lowest BCUT2D eigenvalue weighted by molar-refractivity contribution is -0.385. The number of hydrogen-bond donors (Lipinski definition) is 1. The summed E-state index contributed by atoms with van der Waals surface area (Å²) in [7, 11) is 0. The minimum absolute atomic E-state index is 0.0882. The van der Waals surface area contributed by atoms with E-state index >= 15 is 0 Å². The second-order valence-electron chi connectivity index (χ2n) is 3.57. The van der Waals surface area contributed by atoms with Gasteiger partial charge in [-0.15, -0.1) is 0 Å². The van der Waals surface area contributed by atoms with E-state index in [1.54, 1.807) is 25.1 Å². The number of para-hydroxylation sites is 1. The minimum Gasteiger partial charge on any atom is -0.393 e. The van der Waals surface area contributed by atoms with E-state index in [0.717, 1.165) is 0 Å². The van der Waals surface area contributed by atoms with Crippen molar-refractivity contribution in [1.82, 2.24) is 0 Å². The number of aliphatic hydroxyl groups excluding tert-OH is 1. The van der Waals surface area contributed by atoms with Crippen molar-refractivity contribution in [3.63, 3.8) is 0 Å². The average molecular weight is 209 g/mol. The Morgan fingerprint density at radius 1 is 1.47 bits per heavy atom. The van der Waals surface area contributed by atoms with Crippen LogP contribution < -0.4 is 0 Å². The van der Waals surface area contributed by atoms with Crippen molar-refractivity contribution in [2.24, 2.45) is 0 Å². The van der Waals surface area contributed by atoms with Crippen molar-refractivity contribution >= 4 is 5.69 Å². The third-order valence-corrected chi connectivity index (χ3v) is 2.56. The highest BCUT2D eigenvalue weighted by Gasteiger charge is 2.23. The van der Waals surface area contributed by atoms with Gasteiger partial charge in [0.05, 0.1) is 11.0 Å². The molecule has 0 saturated carbocycles. The molecule has 0 bridgehead atoms. The Kier molecular flexibility index (Phi) is 3.80. The highest BCUT2D eigenvalue weighted by atomic mass is 16.6. The quantitative estimate of drug-likeness (QED) is 0.612. The average Bonchev–Trinajstić information content (AvgIpc) is 2.18. The van der Waals surface area contributed by atoms with Gasteiger partial charge in [0, 0.05) is 17.5 Å². The van der Waals surface area contributed by atoms with E-state index in [0.29, 0.717) is 12.0 Å². The van der Waals surface area contributed by atoms with E-state index in [1.165, 1.54) is 6.07 Å². The van der Waals surface area contributed by atoms with E-state index in [4.69, 9.17) is 0 Å². The van der Waals surface area contributed by atoms with E-state index in [1.807, 2.05) is 6.92 Å². The Balaban J connectivity index is 3.16. The molecule has 0 aliphatic rings. The van der Waals surface area contributed by atoms with Crippen LogP contribution in [-0.4, -0.2) is 16.1 Å². The summed E-state index contributed by atoms with van der Waals surface area (Å²) >= 11 is 0. The fourth-order valence-electron chi connectivity index (χ4n) is 1.79. The molecule has 0 fully saturated rings. The van der Waals surface area contributed by atoms with E-state index in [2.05, 4.69) is 0 Å². The second-order valence-corrected chi connectivity index (χ2v) is 3.57. The lowest BCUT2D eigenvalue weighted by Crippen LogP contribution is -2.15. The summed E-state index contributed by atoms with van der Waals surface area (Å²) in [4.78, 5) is 10.4. The standard InChI is InChI=1S/C11H15NO3/c1-3-9(8(2)13)10-6-4-5-7-11(10)12(14)15/h4-9,13H,3H2,1-2H3. The topological polar surface area (TPSA) is 63.4 Å². The maximum Gasteiger partial charge on any atom is 0.272 e. The number of rotatable bonds is 4. The molecule has 4 heteroatoms. The van der Waals surface area contributed by atoms with Gasteiger partial charge in [-0.25, -0.2) is 0 Å². The zero-order chi connectivity index (χ0) is 11.4. The van der Waals surface area contributed by atoms with Crippen molar-refractivity contribution in [3.8, 4) is 0 Å². The van der Waals surface area contributed by atoms with Gasteiger partial charge in [0.2, 0.25) is 0 Å². The molecule has 15 heavy (non-hydrogen) atoms. The molecule has 0 aliphatic carbocycles. The molecule has 1 rings (SSSR count). The van der Waals surface area contributed by atoms with Crippen LogP contribution in [0.15, 0.2) is 24.3 Å². The largest absolute Gasteiger partial charge is 0.393 e. The molecule has 1 N–H and O–H groups in total. The maximum absolute atomic E-state index is 10.8. The van der Waals surface area contributed by atoms with E-state index < -0.39 is 11.0 Å². The molecule has 0 spiro atoms. The molecule has 1 aromatic rings. The molecule has 0 radical (unpaired) electrons. The van der Waals surface area contributed by atoms with Gasteiger partial charge in [-0.3, -0.25) is 10.1 Å². The van der Waals surface area contributed by atoms with Gasteiger partial charge in [0.1, 0.15) is 0 Å². The summed E-state index contributed by atoms with van der Waals surface area (Å²) < 4.78 is 0. The summed E-state index contributed by atoms with van der Waals surface area (Å²) in [5.41, 5.74) is 0.699. The van der Waals surface area contributed by atoms with Gasteiger partial charge >= 0.3 is 0 Å². The SMILES string of the molecule is CCC(c1ccccc1[N+](=O)[O-])C(C)O. The van der Waals surface area contributed by atoms with Crippen LogP contribution in [0.5, 0.6) is 0 Å². The lowest BCUT2D eigenvalue weighted by atomic mass is 9.90. The van der Waals surface area contributed by atoms with Crippen LogP contribution in [-0.2, 0) is 0 Å². The van der Waals surface area contributed by atoms with E-state index in [-0.39, 0.29) is 11.6 Å². The molecule has 0 aromatic heterocycles. The minimum atomic E-state index is -0.573. The van der Waals surface area contributed by atoms with Crippen LogP contribution >= 0.6 is 0 Å². The summed E-state index contributed by atoms with van der Waals surface area (Å²) in [6, 6.07) is 6.57. The molecule has 82 valence electrons. The Morgan fingerprint density at radius 2 is 2.07 bits per heavy atom. The zero-order valence-corrected chi connectivity index (χ0v) is 8.88. The van der Waals surface area contributed by atoms with Gasteiger partial charge in [-0.2, -0.15) is 0 Å². The van der Waals surface area contributed by atoms with Crippen molar-refractivity contribution in [2.45, 2.75) is 32.3 Å². The van der Waals surface area contributed by atoms with Crippen LogP contribution in [0.25, 0.3) is 0 Å². The summed E-state index contributed by atoms with van der Waals surface area (Å²) in [5, 5.41) is 20.3. The first kappa shape index (κ1) is 11.7. The number of nitro groups is 1. The van der Waals surface area contributed by atoms with Crippen LogP contribution in [0.3, 0.4) is 0 Å². The highest BCUT2D eigenvalue weighted by Crippen LogP contribution is 2.30. The third kappa shape index (κ3) is 2.53. The molecule has 4 nitrogen and oxygen atoms in total. The maximum atomic E-state index is 10.8. The first-order valence-electron chi connectivity index (χ1n) is 4.99. The second kappa shape index (κ2) is 4.89. The first-order chi connectivity index (χ1) is 7.07. The lowest BCUT2D eigenvalue weighted by Gasteiger charge is -2.18. The van der Waals surface area contributed by atoms with Gasteiger partial charge in [0.15, 0.2) is 0 Å². The monoisotopic (exact) mass is 209 g/mol. The molecule has 0 aliphatic heterocycles. The molecule has 0 saturated heterocycles. The number of aliphatic hydroxyl groups is 1. The van der Waals surface area contributed by atoms with Gasteiger partial charge in [0.25, 0.3) is 5.69 Å². The Labute approximate surface area is 88.7 Å². The molecule has 0 amide bonds. The predicted molar refractivity (Wildman–Crippen MR) is 57.8 cm³/mol. The Morgan fingerprint density at radius 3 is 2.53 bits per heavy atom. The smallest absolute Gasteiger partial charge is 0.272 e. The van der Waals surface area contributed by atoms with Gasteiger partial charge in [-0.1, -0.05) is 25.1 Å². The Hall–Kier alpha value is -1.42. The normalized spacial score (nSPS) is 14.6. The number of hydrogen-bond acceptors (Lipinski definition) is 3. The molecular weight excluding hydrogens is 194 g/mol. The third-order valence-electron chi connectivity index (χ3n) is 2.56. The highest BCUT2D eigenvalue weighted by molar-refractivity contribution is 5.42. The summed E-state index contributed by atoms with van der Waals surface area (Å²) in [5.74, 6) is -0.174. The van der Waals surface area contributed by atoms with Crippen molar-refractivity contribution in [2.75, 3.05) is 0 Å². The number of nitrogens with zero attached hydrogens (tertiary/aromatic N) is 1. The zero-order valence-electron chi connectivity index (χ0n) is 8.88. The van der Waals surface area contributed by atoms with Gasteiger partial charge in [-0.05, 0) is 13.3 Å². The van der Waals surface area contributed by atoms with Gasteiger partial charge < -0.3 is 5.11 Å². The number of benzene rings is 1. The molecule has 1 aromatic carbocycles. The molecule has 2 atom stereocenters. The van der Waals surface area contributed by atoms with Crippen molar-refractivity contribution in [3.05, 3.63) is 39.9 Å². The van der Waals surface area contributed by atoms with Crippen LogP contribution in [0.4, 0.5) is 5.69 Å². The Bertz CT molecular complexity index is 349. The van der Waals surface area contributed by atoms with Crippen molar-refractivity contribution in [1.29, 1.82) is 0 Å². The molecule has 0 heterocycles. The summed E-state index contributed by atoms with van der Waals surface area (Å²) in [6.45, 7) is 3.57.